The second-order valence-electron chi connectivity index (χ2n) is 2.83. The molecule has 68 valence electrons. The zero-order chi connectivity index (χ0) is 8.69. The van der Waals surface area contributed by atoms with Gasteiger partial charge in [-0.3, -0.25) is 0 Å². The molecule has 0 bridgehead atoms. The van der Waals surface area contributed by atoms with Crippen molar-refractivity contribution in [1.29, 1.82) is 0 Å². The van der Waals surface area contributed by atoms with E-state index in [4.69, 9.17) is 10.5 Å². The molecule has 0 aliphatic carbocycles. The van der Waals surface area contributed by atoms with Crippen molar-refractivity contribution in [2.24, 2.45) is 11.7 Å². The smallest absolute Gasteiger partial charge is 0.0503 e. The van der Waals surface area contributed by atoms with Crippen molar-refractivity contribution in [3.05, 3.63) is 0 Å². The van der Waals surface area contributed by atoms with Crippen LogP contribution in [0.4, 0.5) is 0 Å². The summed E-state index contributed by atoms with van der Waals surface area (Å²) < 4.78 is 5.04. The average molecular weight is 160 g/mol. The maximum Gasteiger partial charge on any atom is 0.0503 e. The topological polar surface area (TPSA) is 47.3 Å². The van der Waals surface area contributed by atoms with Crippen molar-refractivity contribution < 1.29 is 4.74 Å². The number of hydrogen-bond donors (Lipinski definition) is 2. The summed E-state index contributed by atoms with van der Waals surface area (Å²) in [7, 11) is 1.72. The minimum atomic E-state index is 0.389. The van der Waals surface area contributed by atoms with E-state index in [-0.39, 0.29) is 0 Å². The van der Waals surface area contributed by atoms with Crippen LogP contribution in [0.3, 0.4) is 0 Å². The van der Waals surface area contributed by atoms with Crippen LogP contribution in [-0.2, 0) is 4.74 Å². The van der Waals surface area contributed by atoms with Crippen LogP contribution in [0, 0.1) is 5.92 Å². The standard InChI is InChI=1S/C8H20N2O/c1-4-10-8(5-9)7(2)6-11-3/h7-8,10H,4-6,9H2,1-3H3. The van der Waals surface area contributed by atoms with Gasteiger partial charge in [-0.2, -0.15) is 0 Å². The predicted molar refractivity (Wildman–Crippen MR) is 47.6 cm³/mol. The van der Waals surface area contributed by atoms with Crippen molar-refractivity contribution in [2.75, 3.05) is 26.8 Å². The molecule has 0 aliphatic rings. The first kappa shape index (κ1) is 10.9. The van der Waals surface area contributed by atoms with Crippen LogP contribution in [0.25, 0.3) is 0 Å². The van der Waals surface area contributed by atoms with E-state index in [0.29, 0.717) is 18.5 Å². The van der Waals surface area contributed by atoms with Gasteiger partial charge < -0.3 is 15.8 Å². The Morgan fingerprint density at radius 1 is 1.55 bits per heavy atom. The number of ether oxygens (including phenoxy) is 1. The fraction of sp³-hybridized carbons (Fsp3) is 1.00. The quantitative estimate of drug-likeness (QED) is 0.584. The summed E-state index contributed by atoms with van der Waals surface area (Å²) in [5.41, 5.74) is 5.57. The summed E-state index contributed by atoms with van der Waals surface area (Å²) in [6.07, 6.45) is 0. The Kier molecular flexibility index (Phi) is 6.51. The maximum atomic E-state index is 5.57. The van der Waals surface area contributed by atoms with Gasteiger partial charge in [0.05, 0.1) is 6.61 Å². The van der Waals surface area contributed by atoms with E-state index in [2.05, 4.69) is 19.2 Å². The molecule has 0 heterocycles. The van der Waals surface area contributed by atoms with Crippen LogP contribution in [0.5, 0.6) is 0 Å². The Balaban J connectivity index is 3.61. The van der Waals surface area contributed by atoms with Gasteiger partial charge in [-0.05, 0) is 12.5 Å². The molecule has 0 aromatic rings. The number of nitrogens with one attached hydrogen (secondary N) is 1. The summed E-state index contributed by atoms with van der Waals surface area (Å²) in [5, 5.41) is 3.31. The molecule has 0 aliphatic heterocycles. The van der Waals surface area contributed by atoms with E-state index in [1.807, 2.05) is 0 Å². The van der Waals surface area contributed by atoms with Gasteiger partial charge in [-0.25, -0.2) is 0 Å². The van der Waals surface area contributed by atoms with Gasteiger partial charge in [0.15, 0.2) is 0 Å². The molecule has 0 radical (unpaired) electrons. The molecule has 3 heteroatoms. The zero-order valence-corrected chi connectivity index (χ0v) is 7.76. The van der Waals surface area contributed by atoms with Crippen molar-refractivity contribution in [1.82, 2.24) is 5.32 Å². The molecule has 0 amide bonds. The van der Waals surface area contributed by atoms with Crippen LogP contribution in [-0.4, -0.2) is 32.8 Å². The van der Waals surface area contributed by atoms with Gasteiger partial charge in [0.2, 0.25) is 0 Å². The number of likely N-dealkylation sites (N-methyl/N-ethyl adjacent to an activating group) is 1. The van der Waals surface area contributed by atoms with Crippen LogP contribution in [0.1, 0.15) is 13.8 Å². The minimum Gasteiger partial charge on any atom is -0.384 e. The highest BCUT2D eigenvalue weighted by Gasteiger charge is 2.13. The van der Waals surface area contributed by atoms with Crippen molar-refractivity contribution in [3.8, 4) is 0 Å². The minimum absolute atomic E-state index is 0.389. The maximum absolute atomic E-state index is 5.57. The summed E-state index contributed by atoms with van der Waals surface area (Å²) >= 11 is 0. The summed E-state index contributed by atoms with van der Waals surface area (Å²) in [6, 6.07) is 0.389. The van der Waals surface area contributed by atoms with E-state index in [9.17, 15) is 0 Å². The van der Waals surface area contributed by atoms with Crippen LogP contribution < -0.4 is 11.1 Å². The molecule has 0 fully saturated rings. The van der Waals surface area contributed by atoms with Gasteiger partial charge >= 0.3 is 0 Å². The molecular weight excluding hydrogens is 140 g/mol. The van der Waals surface area contributed by atoms with Crippen molar-refractivity contribution in [2.45, 2.75) is 19.9 Å². The highest BCUT2D eigenvalue weighted by molar-refractivity contribution is 4.72. The molecule has 0 aromatic heterocycles. The fourth-order valence-corrected chi connectivity index (χ4v) is 1.16. The molecule has 0 rings (SSSR count). The van der Waals surface area contributed by atoms with Crippen LogP contribution >= 0.6 is 0 Å². The first-order chi connectivity index (χ1) is 5.26. The third-order valence-electron chi connectivity index (χ3n) is 1.84. The van der Waals surface area contributed by atoms with E-state index in [1.54, 1.807) is 7.11 Å². The lowest BCUT2D eigenvalue weighted by Gasteiger charge is -2.22. The fourth-order valence-electron chi connectivity index (χ4n) is 1.16. The number of methoxy groups -OCH3 is 1. The molecule has 2 unspecified atom stereocenters. The van der Waals surface area contributed by atoms with Crippen molar-refractivity contribution in [3.63, 3.8) is 0 Å². The number of rotatable bonds is 6. The highest BCUT2D eigenvalue weighted by Crippen LogP contribution is 2.01. The first-order valence-corrected chi connectivity index (χ1v) is 4.18. The first-order valence-electron chi connectivity index (χ1n) is 4.18. The summed E-state index contributed by atoms with van der Waals surface area (Å²) in [4.78, 5) is 0. The lowest BCUT2D eigenvalue weighted by atomic mass is 10.0. The van der Waals surface area contributed by atoms with Gasteiger partial charge in [0, 0.05) is 19.7 Å². The Labute approximate surface area is 69.3 Å². The zero-order valence-electron chi connectivity index (χ0n) is 7.76. The van der Waals surface area contributed by atoms with Crippen LogP contribution in [0.2, 0.25) is 0 Å². The second kappa shape index (κ2) is 6.58. The van der Waals surface area contributed by atoms with E-state index in [1.165, 1.54) is 0 Å². The second-order valence-corrected chi connectivity index (χ2v) is 2.83. The molecule has 3 N–H and O–H groups in total. The van der Waals surface area contributed by atoms with Gasteiger partial charge in [-0.1, -0.05) is 13.8 Å². The lowest BCUT2D eigenvalue weighted by molar-refractivity contribution is 0.141. The SMILES string of the molecule is CCNC(CN)C(C)COC. The third-order valence-corrected chi connectivity index (χ3v) is 1.84. The Bertz CT molecular complexity index is 88.2. The molecule has 0 saturated heterocycles. The molecule has 0 saturated carbocycles. The number of hydrogen-bond acceptors (Lipinski definition) is 3. The molecule has 2 atom stereocenters. The van der Waals surface area contributed by atoms with Gasteiger partial charge in [-0.15, -0.1) is 0 Å². The molecule has 0 spiro atoms. The predicted octanol–water partition coefficient (Wildman–Crippen LogP) is 0.206. The van der Waals surface area contributed by atoms with Crippen LogP contribution in [0.15, 0.2) is 0 Å². The van der Waals surface area contributed by atoms with Gasteiger partial charge in [0.1, 0.15) is 0 Å². The van der Waals surface area contributed by atoms with Gasteiger partial charge in [0.25, 0.3) is 0 Å². The largest absolute Gasteiger partial charge is 0.384 e. The normalized spacial score (nSPS) is 16.4. The van der Waals surface area contributed by atoms with E-state index in [0.717, 1.165) is 13.2 Å². The monoisotopic (exact) mass is 160 g/mol. The third kappa shape index (κ3) is 4.35. The molecular formula is C8H20N2O. The Hall–Kier alpha value is -0.120. The molecule has 3 nitrogen and oxygen atoms in total. The molecule has 11 heavy (non-hydrogen) atoms. The average Bonchev–Trinajstić information content (AvgIpc) is 2.00. The lowest BCUT2D eigenvalue weighted by Crippen LogP contribution is -2.42. The van der Waals surface area contributed by atoms with E-state index >= 15 is 0 Å². The highest BCUT2D eigenvalue weighted by atomic mass is 16.5. The Morgan fingerprint density at radius 3 is 2.55 bits per heavy atom. The summed E-state index contributed by atoms with van der Waals surface area (Å²) in [5.74, 6) is 0.491. The van der Waals surface area contributed by atoms with E-state index < -0.39 is 0 Å². The Morgan fingerprint density at radius 2 is 2.18 bits per heavy atom. The summed E-state index contributed by atoms with van der Waals surface area (Å²) in [6.45, 7) is 6.65. The van der Waals surface area contributed by atoms with Crippen molar-refractivity contribution >= 4 is 0 Å². The number of nitrogens with two attached hydrogens (primary N) is 1. The molecule has 0 aromatic carbocycles.